The average molecular weight is 342 g/mol. The van der Waals surface area contributed by atoms with Crippen molar-refractivity contribution >= 4 is 11.0 Å². The van der Waals surface area contributed by atoms with Gasteiger partial charge < -0.3 is 19.5 Å². The highest BCUT2D eigenvalue weighted by molar-refractivity contribution is 5.70. The van der Waals surface area contributed by atoms with Crippen molar-refractivity contribution in [1.29, 1.82) is 0 Å². The molecule has 3 aromatic rings. The Bertz CT molecular complexity index is 820. The van der Waals surface area contributed by atoms with E-state index in [2.05, 4.69) is 33.1 Å². The average Bonchev–Trinajstić information content (AvgIpc) is 3.07. The number of rotatable bonds is 8. The molecule has 0 atom stereocenters. The summed E-state index contributed by atoms with van der Waals surface area (Å²) in [7, 11) is 4.86. The predicted octanol–water partition coefficient (Wildman–Crippen LogP) is 2.27. The molecule has 0 bridgehead atoms. The second-order valence-corrected chi connectivity index (χ2v) is 5.69. The molecule has 25 heavy (non-hydrogen) atoms. The number of methoxy groups -OCH3 is 3. The van der Waals surface area contributed by atoms with Gasteiger partial charge in [-0.25, -0.2) is 9.55 Å². The first-order valence-corrected chi connectivity index (χ1v) is 8.22. The highest BCUT2D eigenvalue weighted by Crippen LogP contribution is 2.38. The number of ether oxygens (including phenoxy) is 3. The Morgan fingerprint density at radius 3 is 2.40 bits per heavy atom. The van der Waals surface area contributed by atoms with Gasteiger partial charge in [0.15, 0.2) is 22.5 Å². The minimum absolute atomic E-state index is 0.614. The van der Waals surface area contributed by atoms with Crippen molar-refractivity contribution in [3.8, 4) is 17.2 Å². The normalized spacial score (nSPS) is 10.8. The molecule has 1 heterocycles. The smallest absolute Gasteiger partial charge is 0.242 e. The van der Waals surface area contributed by atoms with Crippen LogP contribution in [0, 0.1) is 0 Å². The number of aromatic nitrogens is 2. The summed E-state index contributed by atoms with van der Waals surface area (Å²) in [5.74, 6) is 1.96. The number of fused-ring (bicyclic) bond motifs is 1. The van der Waals surface area contributed by atoms with Crippen LogP contribution in [0.25, 0.3) is 11.0 Å². The van der Waals surface area contributed by atoms with Crippen LogP contribution in [0.3, 0.4) is 0 Å². The molecule has 0 aliphatic carbocycles. The van der Waals surface area contributed by atoms with Gasteiger partial charge in [0.1, 0.15) is 6.54 Å². The topological polar surface area (TPSA) is 59.4 Å². The van der Waals surface area contributed by atoms with E-state index in [0.29, 0.717) is 17.2 Å². The largest absolute Gasteiger partial charge is 0.493 e. The van der Waals surface area contributed by atoms with Crippen LogP contribution in [-0.2, 0) is 13.1 Å². The molecule has 132 valence electrons. The van der Waals surface area contributed by atoms with E-state index in [9.17, 15) is 0 Å². The Labute approximate surface area is 147 Å². The number of nitrogens with zero attached hydrogens (tertiary/aromatic N) is 1. The first-order valence-electron chi connectivity index (χ1n) is 8.22. The lowest BCUT2D eigenvalue weighted by atomic mass is 10.1. The zero-order chi connectivity index (χ0) is 17.6. The van der Waals surface area contributed by atoms with Crippen molar-refractivity contribution in [2.45, 2.75) is 13.1 Å². The van der Waals surface area contributed by atoms with E-state index >= 15 is 0 Å². The number of nitrogens with one attached hydrogen (secondary N) is 2. The number of aromatic amines is 1. The number of H-pyrrole nitrogens is 1. The molecule has 2 aromatic carbocycles. The second kappa shape index (κ2) is 7.90. The van der Waals surface area contributed by atoms with Crippen LogP contribution < -0.4 is 24.1 Å². The van der Waals surface area contributed by atoms with Crippen LogP contribution in [0.5, 0.6) is 17.2 Å². The lowest BCUT2D eigenvalue weighted by Crippen LogP contribution is -2.37. The van der Waals surface area contributed by atoms with Crippen molar-refractivity contribution < 1.29 is 18.8 Å². The van der Waals surface area contributed by atoms with Crippen LogP contribution in [0.1, 0.15) is 5.56 Å². The van der Waals surface area contributed by atoms with Gasteiger partial charge in [0.2, 0.25) is 12.1 Å². The third-order valence-electron chi connectivity index (χ3n) is 4.17. The van der Waals surface area contributed by atoms with E-state index in [1.54, 1.807) is 21.3 Å². The summed E-state index contributed by atoms with van der Waals surface area (Å²) in [6.45, 7) is 2.46. The maximum absolute atomic E-state index is 5.39. The minimum atomic E-state index is 0.614. The molecular formula is C19H24N3O3+. The Morgan fingerprint density at radius 1 is 1.00 bits per heavy atom. The molecule has 0 aliphatic heterocycles. The zero-order valence-corrected chi connectivity index (χ0v) is 14.8. The zero-order valence-electron chi connectivity index (χ0n) is 14.8. The van der Waals surface area contributed by atoms with Crippen molar-refractivity contribution in [3.05, 3.63) is 48.3 Å². The van der Waals surface area contributed by atoms with Crippen LogP contribution in [0.2, 0.25) is 0 Å². The first kappa shape index (κ1) is 17.1. The molecule has 0 fully saturated rings. The van der Waals surface area contributed by atoms with E-state index in [1.807, 2.05) is 24.5 Å². The van der Waals surface area contributed by atoms with E-state index in [0.717, 1.165) is 30.7 Å². The highest BCUT2D eigenvalue weighted by Gasteiger charge is 2.13. The lowest BCUT2D eigenvalue weighted by Gasteiger charge is -2.14. The first-order chi connectivity index (χ1) is 12.3. The van der Waals surface area contributed by atoms with Crippen molar-refractivity contribution in [2.24, 2.45) is 0 Å². The number of hydrogen-bond acceptors (Lipinski definition) is 4. The van der Waals surface area contributed by atoms with Crippen LogP contribution in [-0.4, -0.2) is 32.9 Å². The Morgan fingerprint density at radius 2 is 1.72 bits per heavy atom. The molecule has 3 rings (SSSR count). The van der Waals surface area contributed by atoms with Gasteiger partial charge in [-0.1, -0.05) is 12.1 Å². The molecule has 0 saturated carbocycles. The van der Waals surface area contributed by atoms with Gasteiger partial charge in [-0.15, -0.1) is 0 Å². The maximum Gasteiger partial charge on any atom is 0.242 e. The molecule has 1 aromatic heterocycles. The van der Waals surface area contributed by atoms with E-state index in [-0.39, 0.29) is 0 Å². The third kappa shape index (κ3) is 3.69. The van der Waals surface area contributed by atoms with E-state index in [4.69, 9.17) is 14.2 Å². The summed E-state index contributed by atoms with van der Waals surface area (Å²) in [5, 5.41) is 3.46. The molecular weight excluding hydrogens is 318 g/mol. The minimum Gasteiger partial charge on any atom is -0.493 e. The second-order valence-electron chi connectivity index (χ2n) is 5.69. The molecule has 0 aliphatic rings. The van der Waals surface area contributed by atoms with E-state index in [1.165, 1.54) is 5.52 Å². The van der Waals surface area contributed by atoms with Gasteiger partial charge in [0.05, 0.1) is 21.3 Å². The van der Waals surface area contributed by atoms with Gasteiger partial charge in [-0.05, 0) is 29.8 Å². The van der Waals surface area contributed by atoms with Gasteiger partial charge >= 0.3 is 0 Å². The molecule has 0 saturated heterocycles. The number of hydrogen-bond donors (Lipinski definition) is 2. The summed E-state index contributed by atoms with van der Waals surface area (Å²) < 4.78 is 18.3. The summed E-state index contributed by atoms with van der Waals surface area (Å²) in [6.07, 6.45) is 2.01. The number of imidazole rings is 1. The monoisotopic (exact) mass is 342 g/mol. The fraction of sp³-hybridized carbons (Fsp3) is 0.316. The molecule has 0 radical (unpaired) electrons. The maximum atomic E-state index is 5.39. The quantitative estimate of drug-likeness (QED) is 0.487. The standard InChI is InChI=1S/C19H23N3O3/c1-23-17-10-14(11-18(24-2)19(17)25-3)12-20-8-9-22-13-21-15-6-4-5-7-16(15)22/h4-7,10-11,13,20H,8-9,12H2,1-3H3/p+1. The summed E-state index contributed by atoms with van der Waals surface area (Å²) in [4.78, 5) is 3.28. The Balaban J connectivity index is 1.62. The van der Waals surface area contributed by atoms with Crippen molar-refractivity contribution in [3.63, 3.8) is 0 Å². The van der Waals surface area contributed by atoms with Gasteiger partial charge in [0, 0.05) is 13.1 Å². The van der Waals surface area contributed by atoms with Crippen LogP contribution >= 0.6 is 0 Å². The number of benzene rings is 2. The Hall–Kier alpha value is -2.73. The van der Waals surface area contributed by atoms with E-state index < -0.39 is 0 Å². The van der Waals surface area contributed by atoms with Crippen molar-refractivity contribution in [2.75, 3.05) is 27.9 Å². The SMILES string of the molecule is COc1cc(CNCC[n+]2c[nH]c3ccccc32)cc(OC)c1OC. The molecule has 6 nitrogen and oxygen atoms in total. The molecule has 6 heteroatoms. The molecule has 2 N–H and O–H groups in total. The fourth-order valence-electron chi connectivity index (χ4n) is 2.92. The van der Waals surface area contributed by atoms with Crippen molar-refractivity contribution in [1.82, 2.24) is 10.3 Å². The molecule has 0 spiro atoms. The summed E-state index contributed by atoms with van der Waals surface area (Å²) in [6, 6.07) is 12.2. The van der Waals surface area contributed by atoms with Crippen LogP contribution in [0.15, 0.2) is 42.7 Å². The third-order valence-corrected chi connectivity index (χ3v) is 4.17. The number of para-hydroxylation sites is 2. The van der Waals surface area contributed by atoms with Gasteiger partial charge in [-0.2, -0.15) is 0 Å². The fourth-order valence-corrected chi connectivity index (χ4v) is 2.92. The van der Waals surface area contributed by atoms with Crippen LogP contribution in [0.4, 0.5) is 0 Å². The summed E-state index contributed by atoms with van der Waals surface area (Å²) >= 11 is 0. The predicted molar refractivity (Wildman–Crippen MR) is 96.3 cm³/mol. The molecule has 0 unspecified atom stereocenters. The Kier molecular flexibility index (Phi) is 5.40. The van der Waals surface area contributed by atoms with Gasteiger partial charge in [-0.3, -0.25) is 0 Å². The van der Waals surface area contributed by atoms with Gasteiger partial charge in [0.25, 0.3) is 0 Å². The highest BCUT2D eigenvalue weighted by atomic mass is 16.5. The molecule has 0 amide bonds. The summed E-state index contributed by atoms with van der Waals surface area (Å²) in [5.41, 5.74) is 3.43. The lowest BCUT2D eigenvalue weighted by molar-refractivity contribution is -0.669.